The van der Waals surface area contributed by atoms with Crippen molar-refractivity contribution in [3.05, 3.63) is 68.6 Å². The van der Waals surface area contributed by atoms with Crippen LogP contribution in [0.1, 0.15) is 27.8 Å². The van der Waals surface area contributed by atoms with Gasteiger partial charge in [-0.2, -0.15) is 0 Å². The third kappa shape index (κ3) is 4.15. The summed E-state index contributed by atoms with van der Waals surface area (Å²) in [6.45, 7) is 1.87. The second-order valence-corrected chi connectivity index (χ2v) is 7.87. The first kappa shape index (κ1) is 20.2. The topological polar surface area (TPSA) is 59.4 Å². The van der Waals surface area contributed by atoms with Crippen molar-refractivity contribution in [2.24, 2.45) is 0 Å². The van der Waals surface area contributed by atoms with Gasteiger partial charge in [0, 0.05) is 22.0 Å². The average Bonchev–Trinajstić information content (AvgIpc) is 3.07. The molecule has 0 radical (unpaired) electrons. The molecule has 4 nitrogen and oxygen atoms in total. The first-order valence-corrected chi connectivity index (χ1v) is 9.46. The Morgan fingerprint density at radius 1 is 1.32 bits per heavy atom. The van der Waals surface area contributed by atoms with E-state index in [0.29, 0.717) is 16.1 Å². The number of thiazole rings is 1. The van der Waals surface area contributed by atoms with Crippen molar-refractivity contribution < 1.29 is 23.4 Å². The Labute approximate surface area is 169 Å². The average molecular weight is 424 g/mol. The fourth-order valence-corrected chi connectivity index (χ4v) is 4.13. The first-order valence-electron chi connectivity index (χ1n) is 8.27. The summed E-state index contributed by atoms with van der Waals surface area (Å²) in [6, 6.07) is 6.99. The van der Waals surface area contributed by atoms with Crippen LogP contribution in [-0.4, -0.2) is 23.2 Å². The Morgan fingerprint density at radius 2 is 2.07 bits per heavy atom. The molecule has 28 heavy (non-hydrogen) atoms. The SMILES string of the molecule is COc1ccc(F)c(F)c1-c1cc(Cl)cc(C(CC(=O)O)c2ncc(C)s2)c1. The van der Waals surface area contributed by atoms with Crippen LogP contribution in [0.25, 0.3) is 11.1 Å². The van der Waals surface area contributed by atoms with Crippen LogP contribution in [0.15, 0.2) is 36.5 Å². The van der Waals surface area contributed by atoms with E-state index >= 15 is 0 Å². The van der Waals surface area contributed by atoms with Crippen molar-refractivity contribution in [3.8, 4) is 16.9 Å². The molecule has 0 aliphatic heterocycles. The molecule has 1 N–H and O–H groups in total. The van der Waals surface area contributed by atoms with Crippen LogP contribution in [0.5, 0.6) is 5.75 Å². The second kappa shape index (κ2) is 8.24. The van der Waals surface area contributed by atoms with Crippen molar-refractivity contribution in [3.63, 3.8) is 0 Å². The Bertz CT molecular complexity index is 1040. The predicted molar refractivity (Wildman–Crippen MR) is 104 cm³/mol. The number of nitrogens with zero attached hydrogens (tertiary/aromatic N) is 1. The molecule has 146 valence electrons. The van der Waals surface area contributed by atoms with E-state index < -0.39 is 23.5 Å². The fraction of sp³-hybridized carbons (Fsp3) is 0.200. The third-order valence-corrected chi connectivity index (χ3v) is 5.45. The van der Waals surface area contributed by atoms with Crippen LogP contribution in [-0.2, 0) is 4.79 Å². The number of aliphatic carboxylic acids is 1. The van der Waals surface area contributed by atoms with Gasteiger partial charge in [-0.15, -0.1) is 11.3 Å². The number of aromatic nitrogens is 1. The van der Waals surface area contributed by atoms with Gasteiger partial charge in [0.15, 0.2) is 11.6 Å². The lowest BCUT2D eigenvalue weighted by atomic mass is 9.92. The van der Waals surface area contributed by atoms with Gasteiger partial charge in [0.2, 0.25) is 0 Å². The first-order chi connectivity index (χ1) is 13.3. The van der Waals surface area contributed by atoms with Crippen LogP contribution in [0, 0.1) is 18.6 Å². The maximum Gasteiger partial charge on any atom is 0.304 e. The molecule has 3 aromatic rings. The molecule has 0 aliphatic carbocycles. The van der Waals surface area contributed by atoms with E-state index in [1.165, 1.54) is 30.6 Å². The summed E-state index contributed by atoms with van der Waals surface area (Å²) in [5, 5.41) is 10.2. The second-order valence-electron chi connectivity index (χ2n) is 6.17. The van der Waals surface area contributed by atoms with E-state index in [0.717, 1.165) is 10.9 Å². The van der Waals surface area contributed by atoms with Gasteiger partial charge in [-0.1, -0.05) is 17.7 Å². The van der Waals surface area contributed by atoms with Gasteiger partial charge in [0.05, 0.1) is 19.1 Å². The van der Waals surface area contributed by atoms with Crippen molar-refractivity contribution in [1.29, 1.82) is 0 Å². The quantitative estimate of drug-likeness (QED) is 0.555. The summed E-state index contributed by atoms with van der Waals surface area (Å²) in [4.78, 5) is 16.6. The smallest absolute Gasteiger partial charge is 0.304 e. The summed E-state index contributed by atoms with van der Waals surface area (Å²) >= 11 is 7.62. The highest BCUT2D eigenvalue weighted by Gasteiger charge is 2.24. The molecular weight excluding hydrogens is 408 g/mol. The number of ether oxygens (including phenoxy) is 1. The predicted octanol–water partition coefficient (Wildman–Crippen LogP) is 5.67. The zero-order valence-electron chi connectivity index (χ0n) is 15.0. The van der Waals surface area contributed by atoms with Gasteiger partial charge in [-0.25, -0.2) is 13.8 Å². The van der Waals surface area contributed by atoms with E-state index in [1.54, 1.807) is 18.3 Å². The standard InChI is InChI=1S/C20H16ClF2NO3S/c1-10-9-24-20(28-10)14(8-17(25)26)11-5-12(7-13(21)6-11)18-16(27-2)4-3-15(22)19(18)23/h3-7,9,14H,8H2,1-2H3,(H,25,26). The van der Waals surface area contributed by atoms with E-state index in [4.69, 9.17) is 16.3 Å². The van der Waals surface area contributed by atoms with Gasteiger partial charge in [-0.3, -0.25) is 4.79 Å². The Balaban J connectivity index is 2.18. The number of carbonyl (C=O) groups is 1. The molecule has 0 saturated heterocycles. The van der Waals surface area contributed by atoms with E-state index in [2.05, 4.69) is 4.98 Å². The monoisotopic (exact) mass is 423 g/mol. The Kier molecular flexibility index (Phi) is 5.96. The summed E-state index contributed by atoms with van der Waals surface area (Å²) in [5.74, 6) is -3.51. The highest BCUT2D eigenvalue weighted by atomic mass is 35.5. The van der Waals surface area contributed by atoms with Gasteiger partial charge >= 0.3 is 5.97 Å². The van der Waals surface area contributed by atoms with Crippen LogP contribution in [0.4, 0.5) is 8.78 Å². The fourth-order valence-electron chi connectivity index (χ4n) is 2.99. The normalized spacial score (nSPS) is 12.0. The minimum atomic E-state index is -1.06. The highest BCUT2D eigenvalue weighted by molar-refractivity contribution is 7.11. The summed E-state index contributed by atoms with van der Waals surface area (Å²) < 4.78 is 33.5. The van der Waals surface area contributed by atoms with Crippen LogP contribution in [0.3, 0.4) is 0 Å². The van der Waals surface area contributed by atoms with Crippen LogP contribution in [0.2, 0.25) is 5.02 Å². The maximum absolute atomic E-state index is 14.5. The number of carboxylic acids is 1. The molecular formula is C20H16ClF2NO3S. The molecule has 1 atom stereocenters. The summed E-state index contributed by atoms with van der Waals surface area (Å²) in [6.07, 6.45) is 1.45. The number of hydrogen-bond donors (Lipinski definition) is 1. The van der Waals surface area contributed by atoms with Crippen LogP contribution < -0.4 is 4.74 Å². The number of aryl methyl sites for hydroxylation is 1. The minimum absolute atomic E-state index is 0.0735. The number of carboxylic acid groups (broad SMARTS) is 1. The lowest BCUT2D eigenvalue weighted by Gasteiger charge is -2.16. The largest absolute Gasteiger partial charge is 0.496 e. The lowest BCUT2D eigenvalue weighted by Crippen LogP contribution is -2.08. The molecule has 0 fully saturated rings. The van der Waals surface area contributed by atoms with Crippen molar-refractivity contribution in [2.75, 3.05) is 7.11 Å². The molecule has 8 heteroatoms. The zero-order chi connectivity index (χ0) is 20.4. The molecule has 1 heterocycles. The third-order valence-electron chi connectivity index (χ3n) is 4.20. The number of rotatable bonds is 6. The molecule has 0 spiro atoms. The zero-order valence-corrected chi connectivity index (χ0v) is 16.6. The van der Waals surface area contributed by atoms with Gasteiger partial charge in [0.25, 0.3) is 0 Å². The van der Waals surface area contributed by atoms with E-state index in [9.17, 15) is 18.7 Å². The van der Waals surface area contributed by atoms with Crippen molar-refractivity contribution in [1.82, 2.24) is 4.98 Å². The number of hydrogen-bond acceptors (Lipinski definition) is 4. The molecule has 0 saturated carbocycles. The van der Waals surface area contributed by atoms with E-state index in [-0.39, 0.29) is 22.8 Å². The molecule has 3 rings (SSSR count). The summed E-state index contributed by atoms with van der Waals surface area (Å²) in [7, 11) is 1.35. The molecule has 0 bridgehead atoms. The number of methoxy groups -OCH3 is 1. The molecule has 1 aromatic heterocycles. The number of benzene rings is 2. The minimum Gasteiger partial charge on any atom is -0.496 e. The lowest BCUT2D eigenvalue weighted by molar-refractivity contribution is -0.137. The van der Waals surface area contributed by atoms with Gasteiger partial charge in [-0.05, 0) is 42.3 Å². The van der Waals surface area contributed by atoms with Gasteiger partial charge < -0.3 is 9.84 Å². The number of halogens is 3. The molecule has 0 aliphatic rings. The van der Waals surface area contributed by atoms with Crippen molar-refractivity contribution >= 4 is 28.9 Å². The highest BCUT2D eigenvalue weighted by Crippen LogP contribution is 2.39. The molecule has 0 amide bonds. The summed E-state index contributed by atoms with van der Waals surface area (Å²) in [5.41, 5.74) is 0.764. The van der Waals surface area contributed by atoms with Gasteiger partial charge in [0.1, 0.15) is 10.8 Å². The van der Waals surface area contributed by atoms with Crippen LogP contribution >= 0.6 is 22.9 Å². The maximum atomic E-state index is 14.5. The van der Waals surface area contributed by atoms with E-state index in [1.807, 2.05) is 6.92 Å². The Morgan fingerprint density at radius 3 is 2.68 bits per heavy atom. The molecule has 2 aromatic carbocycles. The van der Waals surface area contributed by atoms with Crippen molar-refractivity contribution in [2.45, 2.75) is 19.3 Å². The Hall–Kier alpha value is -2.51. The molecule has 1 unspecified atom stereocenters.